The number of nitrogens with zero attached hydrogens (tertiary/aromatic N) is 3. The Kier molecular flexibility index (Phi) is 4.07. The molecule has 0 bridgehead atoms. The summed E-state index contributed by atoms with van der Waals surface area (Å²) in [5, 5.41) is 15.3. The molecule has 1 aromatic rings. The number of nitrogen functional groups attached to an aromatic ring is 1. The van der Waals surface area contributed by atoms with Crippen LogP contribution in [-0.2, 0) is 0 Å². The van der Waals surface area contributed by atoms with E-state index in [1.165, 1.54) is 12.8 Å². The van der Waals surface area contributed by atoms with Crippen LogP contribution in [0.4, 0.5) is 11.5 Å². The van der Waals surface area contributed by atoms with E-state index in [1.54, 1.807) is 11.6 Å². The van der Waals surface area contributed by atoms with Crippen molar-refractivity contribution in [1.29, 1.82) is 0 Å². The van der Waals surface area contributed by atoms with Gasteiger partial charge in [0.2, 0.25) is 5.82 Å². The molecular weight excluding hydrogens is 244 g/mol. The largest absolute Gasteiger partial charge is 0.378 e. The minimum absolute atomic E-state index is 0.0312. The molecule has 19 heavy (non-hydrogen) atoms. The summed E-state index contributed by atoms with van der Waals surface area (Å²) in [5.74, 6) is 0.986. The van der Waals surface area contributed by atoms with Crippen LogP contribution in [0.5, 0.6) is 0 Å². The van der Waals surface area contributed by atoms with Crippen LogP contribution in [0.3, 0.4) is 0 Å². The number of hydrogen-bond donors (Lipinski definition) is 1. The predicted octanol–water partition coefficient (Wildman–Crippen LogP) is 3.21. The second-order valence-electron chi connectivity index (χ2n) is 5.46. The molecule has 2 rings (SSSR count). The minimum atomic E-state index is -0.431. The van der Waals surface area contributed by atoms with E-state index in [-0.39, 0.29) is 17.5 Å². The van der Waals surface area contributed by atoms with Gasteiger partial charge in [0.25, 0.3) is 0 Å². The number of hydrogen-bond acceptors (Lipinski definition) is 4. The fourth-order valence-electron chi connectivity index (χ4n) is 3.07. The number of nitro groups is 1. The minimum Gasteiger partial charge on any atom is -0.378 e. The van der Waals surface area contributed by atoms with E-state index in [0.29, 0.717) is 5.69 Å². The lowest BCUT2D eigenvalue weighted by atomic mass is 9.98. The molecule has 1 heterocycles. The summed E-state index contributed by atoms with van der Waals surface area (Å²) in [5.41, 5.74) is 6.30. The van der Waals surface area contributed by atoms with Crippen molar-refractivity contribution in [1.82, 2.24) is 9.78 Å². The van der Waals surface area contributed by atoms with Crippen LogP contribution < -0.4 is 5.73 Å². The van der Waals surface area contributed by atoms with Crippen molar-refractivity contribution in [3.05, 3.63) is 15.8 Å². The second kappa shape index (κ2) is 5.59. The van der Waals surface area contributed by atoms with Crippen LogP contribution in [-0.4, -0.2) is 14.7 Å². The lowest BCUT2D eigenvalue weighted by Gasteiger charge is -2.16. The maximum absolute atomic E-state index is 11.0. The number of aryl methyl sites for hydroxylation is 1. The standard InChI is InChI=1S/C13H22N4O2/c1-3-10-5-4-6-11(8-7-10)16-13(14)12(17(18)19)9(2)15-16/h10-11H,3-8,14H2,1-2H3. The quantitative estimate of drug-likeness (QED) is 0.517. The Morgan fingerprint density at radius 3 is 2.74 bits per heavy atom. The molecular formula is C13H22N4O2. The third kappa shape index (κ3) is 2.72. The Morgan fingerprint density at radius 2 is 2.16 bits per heavy atom. The number of aromatic nitrogens is 2. The smallest absolute Gasteiger partial charge is 0.333 e. The topological polar surface area (TPSA) is 87.0 Å². The summed E-state index contributed by atoms with van der Waals surface area (Å²) in [6.07, 6.45) is 6.79. The van der Waals surface area contributed by atoms with Crippen LogP contribution in [0.15, 0.2) is 0 Å². The van der Waals surface area contributed by atoms with Gasteiger partial charge in [-0.2, -0.15) is 5.10 Å². The van der Waals surface area contributed by atoms with Gasteiger partial charge in [-0.05, 0) is 32.1 Å². The Balaban J connectivity index is 2.22. The summed E-state index contributed by atoms with van der Waals surface area (Å²) >= 11 is 0. The molecule has 1 aliphatic rings. The van der Waals surface area contributed by atoms with E-state index in [4.69, 9.17) is 5.73 Å². The molecule has 1 saturated carbocycles. The van der Waals surface area contributed by atoms with E-state index >= 15 is 0 Å². The zero-order valence-electron chi connectivity index (χ0n) is 11.6. The zero-order valence-corrected chi connectivity index (χ0v) is 11.6. The Labute approximate surface area is 113 Å². The number of rotatable bonds is 3. The van der Waals surface area contributed by atoms with Gasteiger partial charge in [0.15, 0.2) is 0 Å². The molecule has 0 spiro atoms. The van der Waals surface area contributed by atoms with Crippen LogP contribution >= 0.6 is 0 Å². The average molecular weight is 266 g/mol. The van der Waals surface area contributed by atoms with Crippen molar-refractivity contribution < 1.29 is 4.92 Å². The van der Waals surface area contributed by atoms with Gasteiger partial charge in [-0.1, -0.05) is 26.2 Å². The van der Waals surface area contributed by atoms with Gasteiger partial charge in [0.1, 0.15) is 5.69 Å². The molecule has 1 aliphatic carbocycles. The monoisotopic (exact) mass is 266 g/mol. The molecule has 2 atom stereocenters. The summed E-state index contributed by atoms with van der Waals surface area (Å²) in [6.45, 7) is 3.87. The van der Waals surface area contributed by atoms with Crippen LogP contribution in [0.2, 0.25) is 0 Å². The lowest BCUT2D eigenvalue weighted by Crippen LogP contribution is -2.13. The Morgan fingerprint density at radius 1 is 1.42 bits per heavy atom. The van der Waals surface area contributed by atoms with Gasteiger partial charge in [0.05, 0.1) is 11.0 Å². The van der Waals surface area contributed by atoms with Crippen molar-refractivity contribution in [2.24, 2.45) is 5.92 Å². The van der Waals surface area contributed by atoms with Gasteiger partial charge in [-0.15, -0.1) is 0 Å². The molecule has 0 radical (unpaired) electrons. The molecule has 1 fully saturated rings. The third-order valence-corrected chi connectivity index (χ3v) is 4.25. The molecule has 6 nitrogen and oxygen atoms in total. The lowest BCUT2D eigenvalue weighted by molar-refractivity contribution is -0.384. The molecule has 0 aliphatic heterocycles. The van der Waals surface area contributed by atoms with Crippen molar-refractivity contribution in [2.45, 2.75) is 58.4 Å². The van der Waals surface area contributed by atoms with Crippen LogP contribution in [0, 0.1) is 23.0 Å². The SMILES string of the molecule is CCC1CCCC(n2nc(C)c([N+](=O)[O-])c2N)CC1. The van der Waals surface area contributed by atoms with Gasteiger partial charge < -0.3 is 5.73 Å². The van der Waals surface area contributed by atoms with Gasteiger partial charge in [-0.25, -0.2) is 4.68 Å². The van der Waals surface area contributed by atoms with Gasteiger partial charge in [-0.3, -0.25) is 10.1 Å². The third-order valence-electron chi connectivity index (χ3n) is 4.25. The highest BCUT2D eigenvalue weighted by Gasteiger charge is 2.28. The second-order valence-corrected chi connectivity index (χ2v) is 5.46. The van der Waals surface area contributed by atoms with Crippen molar-refractivity contribution >= 4 is 11.5 Å². The molecule has 0 saturated heterocycles. The fourth-order valence-corrected chi connectivity index (χ4v) is 3.07. The van der Waals surface area contributed by atoms with Gasteiger partial charge in [0, 0.05) is 0 Å². The van der Waals surface area contributed by atoms with E-state index in [0.717, 1.165) is 31.6 Å². The molecule has 1 aromatic heterocycles. The van der Waals surface area contributed by atoms with Crippen molar-refractivity contribution in [2.75, 3.05) is 5.73 Å². The average Bonchev–Trinajstić information content (AvgIpc) is 2.55. The van der Waals surface area contributed by atoms with E-state index < -0.39 is 4.92 Å². The maximum atomic E-state index is 11.0. The van der Waals surface area contributed by atoms with E-state index in [1.807, 2.05) is 0 Å². The maximum Gasteiger partial charge on any atom is 0.333 e. The first-order valence-electron chi connectivity index (χ1n) is 7.03. The highest BCUT2D eigenvalue weighted by Crippen LogP contribution is 2.36. The van der Waals surface area contributed by atoms with Gasteiger partial charge >= 0.3 is 5.69 Å². The zero-order chi connectivity index (χ0) is 14.0. The van der Waals surface area contributed by atoms with Crippen LogP contribution in [0.1, 0.15) is 57.2 Å². The number of nitrogens with two attached hydrogens (primary N) is 1. The first-order valence-corrected chi connectivity index (χ1v) is 7.03. The Hall–Kier alpha value is -1.59. The Bertz CT molecular complexity index is 469. The fraction of sp³-hybridized carbons (Fsp3) is 0.769. The number of anilines is 1. The first kappa shape index (κ1) is 13.8. The van der Waals surface area contributed by atoms with E-state index in [9.17, 15) is 10.1 Å². The summed E-state index contributed by atoms with van der Waals surface area (Å²) in [7, 11) is 0. The van der Waals surface area contributed by atoms with E-state index in [2.05, 4.69) is 12.0 Å². The summed E-state index contributed by atoms with van der Waals surface area (Å²) in [6, 6.07) is 0.212. The molecule has 106 valence electrons. The molecule has 2 unspecified atom stereocenters. The van der Waals surface area contributed by atoms with Crippen molar-refractivity contribution in [3.63, 3.8) is 0 Å². The molecule has 0 amide bonds. The highest BCUT2D eigenvalue weighted by molar-refractivity contribution is 5.56. The highest BCUT2D eigenvalue weighted by atomic mass is 16.6. The summed E-state index contributed by atoms with van der Waals surface area (Å²) in [4.78, 5) is 10.5. The normalized spacial score (nSPS) is 24.1. The molecule has 2 N–H and O–H groups in total. The van der Waals surface area contributed by atoms with Crippen LogP contribution in [0.25, 0.3) is 0 Å². The first-order chi connectivity index (χ1) is 9.04. The molecule has 6 heteroatoms. The predicted molar refractivity (Wildman–Crippen MR) is 73.9 cm³/mol. The summed E-state index contributed by atoms with van der Waals surface area (Å²) < 4.78 is 1.69. The van der Waals surface area contributed by atoms with Crippen molar-refractivity contribution in [3.8, 4) is 0 Å². The molecule has 0 aromatic carbocycles.